The zero-order chi connectivity index (χ0) is 19.3. The van der Waals surface area contributed by atoms with Gasteiger partial charge in [0.15, 0.2) is 0 Å². The van der Waals surface area contributed by atoms with Crippen molar-refractivity contribution in [1.82, 2.24) is 9.80 Å². The van der Waals surface area contributed by atoms with E-state index in [9.17, 15) is 14.4 Å². The van der Waals surface area contributed by atoms with Crippen molar-refractivity contribution in [3.8, 4) is 0 Å². The lowest BCUT2D eigenvalue weighted by Gasteiger charge is -2.34. The number of amides is 3. The Morgan fingerprint density at radius 3 is 2.14 bits per heavy atom. The van der Waals surface area contributed by atoms with Gasteiger partial charge in [0, 0.05) is 19.5 Å². The molecule has 2 aliphatic heterocycles. The Hall–Kier alpha value is -2.43. The van der Waals surface area contributed by atoms with Gasteiger partial charge in [0.1, 0.15) is 6.04 Å². The van der Waals surface area contributed by atoms with Crippen LogP contribution in [0.5, 0.6) is 0 Å². The van der Waals surface area contributed by atoms with Crippen LogP contribution in [0.25, 0.3) is 0 Å². The molecule has 2 saturated heterocycles. The Balaban J connectivity index is 1.46. The molecular weight excluding hydrogens is 352 g/mol. The van der Waals surface area contributed by atoms with Gasteiger partial charge in [-0.2, -0.15) is 0 Å². The molecule has 0 radical (unpaired) electrons. The van der Waals surface area contributed by atoms with Crippen LogP contribution < -0.4 is 0 Å². The van der Waals surface area contributed by atoms with Gasteiger partial charge in [0.2, 0.25) is 17.7 Å². The molecule has 5 nitrogen and oxygen atoms in total. The van der Waals surface area contributed by atoms with E-state index >= 15 is 0 Å². The van der Waals surface area contributed by atoms with Gasteiger partial charge in [-0.05, 0) is 43.1 Å². The number of imide groups is 1. The first kappa shape index (κ1) is 17.7. The van der Waals surface area contributed by atoms with Crippen LogP contribution in [0, 0.1) is 23.7 Å². The normalized spacial score (nSPS) is 32.1. The summed E-state index contributed by atoms with van der Waals surface area (Å²) in [5.41, 5.74) is 0.983. The van der Waals surface area contributed by atoms with E-state index in [0.29, 0.717) is 6.42 Å². The molecular formula is C23H26N2O3. The summed E-state index contributed by atoms with van der Waals surface area (Å²) in [5, 5.41) is 0. The molecule has 5 atom stereocenters. The van der Waals surface area contributed by atoms with Crippen molar-refractivity contribution in [1.29, 1.82) is 0 Å². The second-order valence-electron chi connectivity index (χ2n) is 8.64. The number of benzene rings is 1. The monoisotopic (exact) mass is 378 g/mol. The smallest absolute Gasteiger partial charge is 0.246 e. The Morgan fingerprint density at radius 2 is 1.54 bits per heavy atom. The molecule has 3 amide bonds. The van der Waals surface area contributed by atoms with Gasteiger partial charge in [-0.1, -0.05) is 42.5 Å². The molecule has 4 aliphatic rings. The maximum atomic E-state index is 13.4. The topological polar surface area (TPSA) is 57.7 Å². The summed E-state index contributed by atoms with van der Waals surface area (Å²) in [6.07, 6.45) is 8.61. The Morgan fingerprint density at radius 1 is 0.929 bits per heavy atom. The summed E-state index contributed by atoms with van der Waals surface area (Å²) in [4.78, 5) is 43.3. The number of fused-ring (bicyclic) bond motifs is 5. The number of carbonyl (C=O) groups excluding carboxylic acids is 3. The summed E-state index contributed by atoms with van der Waals surface area (Å²) in [6.45, 7) is 1.44. The molecule has 2 aliphatic carbocycles. The number of rotatable bonds is 4. The highest BCUT2D eigenvalue weighted by Gasteiger charge is 2.61. The third kappa shape index (κ3) is 2.71. The zero-order valence-corrected chi connectivity index (χ0v) is 16.0. The van der Waals surface area contributed by atoms with E-state index in [1.165, 1.54) is 4.90 Å². The predicted octanol–water partition coefficient (Wildman–Crippen LogP) is 2.42. The van der Waals surface area contributed by atoms with Crippen molar-refractivity contribution < 1.29 is 14.4 Å². The SMILES string of the molecule is O=C([C@H](Cc1ccccc1)N1C(=O)[C@@H]2[C@H](C1=O)[C@H]1C=C[C@@H]2C1)N1CCCCC1. The first-order valence-electron chi connectivity index (χ1n) is 10.5. The van der Waals surface area contributed by atoms with Gasteiger partial charge in [-0.3, -0.25) is 19.3 Å². The minimum absolute atomic E-state index is 0.0643. The van der Waals surface area contributed by atoms with Crippen LogP contribution in [-0.2, 0) is 20.8 Å². The molecule has 0 aromatic heterocycles. The molecule has 28 heavy (non-hydrogen) atoms. The molecule has 5 heteroatoms. The van der Waals surface area contributed by atoms with Crippen LogP contribution in [0.2, 0.25) is 0 Å². The van der Waals surface area contributed by atoms with Crippen molar-refractivity contribution in [2.24, 2.45) is 23.7 Å². The highest BCUT2D eigenvalue weighted by atomic mass is 16.2. The lowest BCUT2D eigenvalue weighted by molar-refractivity contribution is -0.152. The highest BCUT2D eigenvalue weighted by molar-refractivity contribution is 6.09. The van der Waals surface area contributed by atoms with Crippen molar-refractivity contribution in [3.05, 3.63) is 48.0 Å². The van der Waals surface area contributed by atoms with Crippen LogP contribution in [0.1, 0.15) is 31.2 Å². The van der Waals surface area contributed by atoms with Gasteiger partial charge in [-0.15, -0.1) is 0 Å². The quantitative estimate of drug-likeness (QED) is 0.597. The Labute approximate surface area is 165 Å². The Bertz CT molecular complexity index is 798. The molecule has 0 unspecified atom stereocenters. The largest absolute Gasteiger partial charge is 0.341 e. The Kier molecular flexibility index (Phi) is 4.33. The van der Waals surface area contributed by atoms with E-state index < -0.39 is 6.04 Å². The zero-order valence-electron chi connectivity index (χ0n) is 16.0. The van der Waals surface area contributed by atoms with Crippen molar-refractivity contribution in [2.45, 2.75) is 38.1 Å². The fraction of sp³-hybridized carbons (Fsp3) is 0.522. The summed E-state index contributed by atoms with van der Waals surface area (Å²) in [6, 6.07) is 9.02. The van der Waals surface area contributed by atoms with Gasteiger partial charge >= 0.3 is 0 Å². The molecule has 1 saturated carbocycles. The molecule has 0 N–H and O–H groups in total. The van der Waals surface area contributed by atoms with E-state index in [1.54, 1.807) is 0 Å². The minimum Gasteiger partial charge on any atom is -0.341 e. The fourth-order valence-corrected chi connectivity index (χ4v) is 5.68. The van der Waals surface area contributed by atoms with Crippen LogP contribution in [0.15, 0.2) is 42.5 Å². The first-order valence-corrected chi connectivity index (χ1v) is 10.5. The number of allylic oxidation sites excluding steroid dienone is 2. The van der Waals surface area contributed by atoms with E-state index in [-0.39, 0.29) is 41.4 Å². The highest BCUT2D eigenvalue weighted by Crippen LogP contribution is 2.53. The van der Waals surface area contributed by atoms with Gasteiger partial charge in [-0.25, -0.2) is 0 Å². The van der Waals surface area contributed by atoms with E-state index in [4.69, 9.17) is 0 Å². The molecule has 0 spiro atoms. The van der Waals surface area contributed by atoms with Crippen LogP contribution in [-0.4, -0.2) is 46.7 Å². The van der Waals surface area contributed by atoms with Gasteiger partial charge in [0.25, 0.3) is 0 Å². The summed E-state index contributed by atoms with van der Waals surface area (Å²) in [5.74, 6) is -0.496. The average molecular weight is 378 g/mol. The van der Waals surface area contributed by atoms with Crippen LogP contribution in [0.3, 0.4) is 0 Å². The maximum Gasteiger partial charge on any atom is 0.246 e. The second kappa shape index (κ2) is 6.87. The number of nitrogens with zero attached hydrogens (tertiary/aromatic N) is 2. The molecule has 2 heterocycles. The molecule has 146 valence electrons. The number of likely N-dealkylation sites (tertiary alicyclic amines) is 2. The average Bonchev–Trinajstić information content (AvgIpc) is 3.41. The number of hydrogen-bond donors (Lipinski definition) is 0. The van der Waals surface area contributed by atoms with E-state index in [2.05, 4.69) is 12.2 Å². The number of hydrogen-bond acceptors (Lipinski definition) is 3. The van der Waals surface area contributed by atoms with Gasteiger partial charge < -0.3 is 4.90 Å². The summed E-state index contributed by atoms with van der Waals surface area (Å²) < 4.78 is 0. The molecule has 1 aromatic rings. The third-order valence-electron chi connectivity index (χ3n) is 7.04. The molecule has 5 rings (SSSR count). The van der Waals surface area contributed by atoms with E-state index in [1.807, 2.05) is 35.2 Å². The number of piperidine rings is 1. The van der Waals surface area contributed by atoms with Crippen LogP contribution >= 0.6 is 0 Å². The van der Waals surface area contributed by atoms with Crippen LogP contribution in [0.4, 0.5) is 0 Å². The maximum absolute atomic E-state index is 13.4. The predicted molar refractivity (Wildman–Crippen MR) is 104 cm³/mol. The lowest BCUT2D eigenvalue weighted by Crippen LogP contribution is -2.53. The number of carbonyl (C=O) groups is 3. The van der Waals surface area contributed by atoms with Gasteiger partial charge in [0.05, 0.1) is 11.8 Å². The molecule has 2 bridgehead atoms. The fourth-order valence-electron chi connectivity index (χ4n) is 5.68. The minimum atomic E-state index is -0.717. The van der Waals surface area contributed by atoms with E-state index in [0.717, 1.165) is 44.3 Å². The third-order valence-corrected chi connectivity index (χ3v) is 7.04. The summed E-state index contributed by atoms with van der Waals surface area (Å²) >= 11 is 0. The first-order chi connectivity index (χ1) is 13.6. The van der Waals surface area contributed by atoms with Crippen molar-refractivity contribution >= 4 is 17.7 Å². The van der Waals surface area contributed by atoms with Crippen molar-refractivity contribution in [2.75, 3.05) is 13.1 Å². The van der Waals surface area contributed by atoms with Crippen molar-refractivity contribution in [3.63, 3.8) is 0 Å². The summed E-state index contributed by atoms with van der Waals surface area (Å²) in [7, 11) is 0. The lowest BCUT2D eigenvalue weighted by atomic mass is 9.85. The molecule has 1 aromatic carbocycles. The molecule has 3 fully saturated rings. The standard InChI is InChI=1S/C23H26N2O3/c26-21(24-11-5-2-6-12-24)18(13-15-7-3-1-4-8-15)25-22(27)19-16-9-10-17(14-16)20(19)23(25)28/h1,3-4,7-10,16-20H,2,5-6,11-14H2/t16-,17+,18-,19+,20-/m0/s1. The second-order valence-corrected chi connectivity index (χ2v) is 8.64.